The predicted octanol–water partition coefficient (Wildman–Crippen LogP) is 4.22. The highest BCUT2D eigenvalue weighted by atomic mass is 16.5. The Morgan fingerprint density at radius 1 is 1.00 bits per heavy atom. The number of esters is 1. The van der Waals surface area contributed by atoms with E-state index >= 15 is 0 Å². The Balaban J connectivity index is 3.27. The van der Waals surface area contributed by atoms with E-state index in [1.807, 2.05) is 6.92 Å². The van der Waals surface area contributed by atoms with Gasteiger partial charge in [-0.2, -0.15) is 0 Å². The maximum Gasteiger partial charge on any atom is 0.302 e. The smallest absolute Gasteiger partial charge is 0.302 e. The van der Waals surface area contributed by atoms with E-state index in [4.69, 9.17) is 9.84 Å². The zero-order valence-electron chi connectivity index (χ0n) is 13.0. The van der Waals surface area contributed by atoms with E-state index < -0.39 is 0 Å². The SMILES string of the molecule is CCC(CCCCCCCCCC(C)O)OC(C)=O. The quantitative estimate of drug-likeness (QED) is 0.427. The van der Waals surface area contributed by atoms with Gasteiger partial charge in [0.25, 0.3) is 0 Å². The first kappa shape index (κ1) is 18.4. The maximum absolute atomic E-state index is 10.9. The summed E-state index contributed by atoms with van der Waals surface area (Å²) in [5.41, 5.74) is 0. The molecule has 0 aromatic heterocycles. The highest BCUT2D eigenvalue weighted by molar-refractivity contribution is 5.66. The second-order valence-corrected chi connectivity index (χ2v) is 5.54. The maximum atomic E-state index is 10.9. The van der Waals surface area contributed by atoms with Crippen molar-refractivity contribution in [1.82, 2.24) is 0 Å². The van der Waals surface area contributed by atoms with Gasteiger partial charge >= 0.3 is 5.97 Å². The Bertz CT molecular complexity index is 214. The third-order valence-electron chi connectivity index (χ3n) is 3.44. The van der Waals surface area contributed by atoms with Crippen molar-refractivity contribution in [1.29, 1.82) is 0 Å². The highest BCUT2D eigenvalue weighted by Crippen LogP contribution is 2.13. The van der Waals surface area contributed by atoms with Crippen molar-refractivity contribution in [3.8, 4) is 0 Å². The van der Waals surface area contributed by atoms with E-state index in [0.717, 1.165) is 32.1 Å². The molecule has 0 aromatic carbocycles. The first-order valence-corrected chi connectivity index (χ1v) is 7.91. The minimum Gasteiger partial charge on any atom is -0.463 e. The minimum atomic E-state index is -0.162. The molecule has 0 aliphatic carbocycles. The number of hydrogen-bond acceptors (Lipinski definition) is 3. The molecule has 19 heavy (non-hydrogen) atoms. The van der Waals surface area contributed by atoms with E-state index in [-0.39, 0.29) is 18.2 Å². The number of ether oxygens (including phenoxy) is 1. The third kappa shape index (κ3) is 13.7. The number of rotatable bonds is 12. The van der Waals surface area contributed by atoms with Crippen LogP contribution in [-0.4, -0.2) is 23.3 Å². The molecule has 0 radical (unpaired) electrons. The molecule has 0 aliphatic rings. The molecule has 0 fully saturated rings. The van der Waals surface area contributed by atoms with Crippen molar-refractivity contribution in [2.75, 3.05) is 0 Å². The normalized spacial score (nSPS) is 14.1. The molecule has 0 bridgehead atoms. The van der Waals surface area contributed by atoms with Gasteiger partial charge in [0.15, 0.2) is 0 Å². The van der Waals surface area contributed by atoms with Gasteiger partial charge in [-0.3, -0.25) is 4.79 Å². The van der Waals surface area contributed by atoms with Crippen molar-refractivity contribution >= 4 is 5.97 Å². The van der Waals surface area contributed by atoms with Crippen molar-refractivity contribution in [2.24, 2.45) is 0 Å². The standard InChI is InChI=1S/C16H32O3/c1-4-16(19-15(3)18)13-11-9-7-5-6-8-10-12-14(2)17/h14,16-17H,4-13H2,1-3H3. The number of hydrogen-bond donors (Lipinski definition) is 1. The fourth-order valence-corrected chi connectivity index (χ4v) is 2.28. The molecular formula is C16H32O3. The molecule has 0 rings (SSSR count). The van der Waals surface area contributed by atoms with E-state index in [1.54, 1.807) is 0 Å². The van der Waals surface area contributed by atoms with E-state index in [1.165, 1.54) is 39.0 Å². The van der Waals surface area contributed by atoms with Crippen LogP contribution in [0, 0.1) is 0 Å². The molecule has 3 heteroatoms. The van der Waals surface area contributed by atoms with Crippen LogP contribution in [0.1, 0.15) is 85.0 Å². The monoisotopic (exact) mass is 272 g/mol. The molecule has 1 N–H and O–H groups in total. The van der Waals surface area contributed by atoms with Crippen LogP contribution in [-0.2, 0) is 9.53 Å². The molecule has 0 saturated heterocycles. The number of aliphatic hydroxyl groups is 1. The van der Waals surface area contributed by atoms with E-state index in [2.05, 4.69) is 6.92 Å². The lowest BCUT2D eigenvalue weighted by molar-refractivity contribution is -0.146. The summed E-state index contributed by atoms with van der Waals surface area (Å²) in [5.74, 6) is -0.162. The Hall–Kier alpha value is -0.570. The lowest BCUT2D eigenvalue weighted by Crippen LogP contribution is -2.14. The summed E-state index contributed by atoms with van der Waals surface area (Å²) in [7, 11) is 0. The van der Waals surface area contributed by atoms with Crippen molar-refractivity contribution < 1.29 is 14.6 Å². The largest absolute Gasteiger partial charge is 0.463 e. The zero-order chi connectivity index (χ0) is 14.5. The summed E-state index contributed by atoms with van der Waals surface area (Å²) >= 11 is 0. The Labute approximate surface area is 118 Å². The molecule has 0 amide bonds. The third-order valence-corrected chi connectivity index (χ3v) is 3.44. The first-order chi connectivity index (χ1) is 9.06. The Morgan fingerprint density at radius 3 is 1.89 bits per heavy atom. The van der Waals surface area contributed by atoms with Crippen LogP contribution in [0.25, 0.3) is 0 Å². The van der Waals surface area contributed by atoms with Gasteiger partial charge in [-0.05, 0) is 32.6 Å². The molecule has 0 aliphatic heterocycles. The van der Waals surface area contributed by atoms with Crippen LogP contribution in [0.15, 0.2) is 0 Å². The first-order valence-electron chi connectivity index (χ1n) is 7.91. The lowest BCUT2D eigenvalue weighted by Gasteiger charge is -2.14. The summed E-state index contributed by atoms with van der Waals surface area (Å²) in [4.78, 5) is 10.9. The van der Waals surface area contributed by atoms with Crippen LogP contribution >= 0.6 is 0 Å². The van der Waals surface area contributed by atoms with Crippen molar-refractivity contribution in [3.05, 3.63) is 0 Å². The molecule has 3 nitrogen and oxygen atoms in total. The number of unbranched alkanes of at least 4 members (excludes halogenated alkanes) is 6. The van der Waals surface area contributed by atoms with Gasteiger partial charge in [-0.1, -0.05) is 45.4 Å². The van der Waals surface area contributed by atoms with Gasteiger partial charge in [-0.15, -0.1) is 0 Å². The van der Waals surface area contributed by atoms with Crippen LogP contribution in [0.2, 0.25) is 0 Å². The van der Waals surface area contributed by atoms with Gasteiger partial charge < -0.3 is 9.84 Å². The topological polar surface area (TPSA) is 46.5 Å². The molecule has 0 aromatic rings. The van der Waals surface area contributed by atoms with Gasteiger partial charge in [0.05, 0.1) is 6.10 Å². The zero-order valence-corrected chi connectivity index (χ0v) is 13.0. The summed E-state index contributed by atoms with van der Waals surface area (Å²) < 4.78 is 5.22. The van der Waals surface area contributed by atoms with Crippen LogP contribution in [0.4, 0.5) is 0 Å². The second-order valence-electron chi connectivity index (χ2n) is 5.54. The lowest BCUT2D eigenvalue weighted by atomic mass is 10.0. The summed E-state index contributed by atoms with van der Waals surface area (Å²) in [6, 6.07) is 0. The molecule has 114 valence electrons. The molecule has 0 saturated carbocycles. The molecule has 2 atom stereocenters. The second kappa shape index (κ2) is 12.5. The summed E-state index contributed by atoms with van der Waals surface area (Å²) in [6.45, 7) is 5.40. The number of carbonyl (C=O) groups is 1. The van der Waals surface area contributed by atoms with E-state index in [9.17, 15) is 4.79 Å². The minimum absolute atomic E-state index is 0.114. The Kier molecular flexibility index (Phi) is 12.1. The fourth-order valence-electron chi connectivity index (χ4n) is 2.28. The van der Waals surface area contributed by atoms with E-state index in [0.29, 0.717) is 0 Å². The number of carbonyl (C=O) groups excluding carboxylic acids is 1. The van der Waals surface area contributed by atoms with Gasteiger partial charge in [0.2, 0.25) is 0 Å². The van der Waals surface area contributed by atoms with Gasteiger partial charge in [-0.25, -0.2) is 0 Å². The van der Waals surface area contributed by atoms with Crippen molar-refractivity contribution in [3.63, 3.8) is 0 Å². The van der Waals surface area contributed by atoms with Gasteiger partial charge in [0.1, 0.15) is 6.10 Å². The van der Waals surface area contributed by atoms with Crippen LogP contribution in [0.5, 0.6) is 0 Å². The fraction of sp³-hybridized carbons (Fsp3) is 0.938. The summed E-state index contributed by atoms with van der Waals surface area (Å²) in [6.07, 6.45) is 11.4. The predicted molar refractivity (Wildman–Crippen MR) is 79.1 cm³/mol. The van der Waals surface area contributed by atoms with Crippen LogP contribution < -0.4 is 0 Å². The summed E-state index contributed by atoms with van der Waals surface area (Å²) in [5, 5.41) is 9.13. The Morgan fingerprint density at radius 2 is 1.47 bits per heavy atom. The molecule has 2 unspecified atom stereocenters. The number of aliphatic hydroxyl groups excluding tert-OH is 1. The van der Waals surface area contributed by atoms with Crippen LogP contribution in [0.3, 0.4) is 0 Å². The molecule has 0 heterocycles. The average molecular weight is 272 g/mol. The highest BCUT2D eigenvalue weighted by Gasteiger charge is 2.08. The molecular weight excluding hydrogens is 240 g/mol. The molecule has 0 spiro atoms. The van der Waals surface area contributed by atoms with Crippen molar-refractivity contribution in [2.45, 2.75) is 97.2 Å². The van der Waals surface area contributed by atoms with Gasteiger partial charge in [0, 0.05) is 6.92 Å². The average Bonchev–Trinajstić information content (AvgIpc) is 2.34.